The lowest BCUT2D eigenvalue weighted by Gasteiger charge is -2.22. The molecule has 138 valence electrons. The standard InChI is InChI=1S/C19H21FN2O3S/c1-12-10-16-11-15(6-9-18(16)22(12)26(3,24)25)19(23)21-13(2)14-4-7-17(20)8-5-14/h4-9,11-13H,10H2,1-3H3,(H,21,23)/t12-,13+/m1/s1. The number of rotatable bonds is 4. The number of hydrogen-bond acceptors (Lipinski definition) is 3. The molecule has 1 aliphatic heterocycles. The number of carbonyl (C=O) groups is 1. The predicted octanol–water partition coefficient (Wildman–Crippen LogP) is 3.03. The molecule has 26 heavy (non-hydrogen) atoms. The topological polar surface area (TPSA) is 66.5 Å². The molecular weight excluding hydrogens is 355 g/mol. The molecule has 5 nitrogen and oxygen atoms in total. The van der Waals surface area contributed by atoms with Crippen LogP contribution in [0.4, 0.5) is 10.1 Å². The van der Waals surface area contributed by atoms with E-state index in [0.717, 1.165) is 11.1 Å². The second-order valence-electron chi connectivity index (χ2n) is 6.70. The molecule has 0 bridgehead atoms. The summed E-state index contributed by atoms with van der Waals surface area (Å²) in [5.74, 6) is -0.578. The number of nitrogens with one attached hydrogen (secondary N) is 1. The monoisotopic (exact) mass is 376 g/mol. The highest BCUT2D eigenvalue weighted by molar-refractivity contribution is 7.92. The van der Waals surface area contributed by atoms with Crippen molar-refractivity contribution in [2.24, 2.45) is 0 Å². The van der Waals surface area contributed by atoms with Gasteiger partial charge >= 0.3 is 0 Å². The summed E-state index contributed by atoms with van der Waals surface area (Å²) in [6, 6.07) is 10.6. The van der Waals surface area contributed by atoms with E-state index in [0.29, 0.717) is 17.7 Å². The maximum Gasteiger partial charge on any atom is 0.251 e. The van der Waals surface area contributed by atoms with Gasteiger partial charge < -0.3 is 5.32 Å². The lowest BCUT2D eigenvalue weighted by Crippen LogP contribution is -2.34. The van der Waals surface area contributed by atoms with Crippen LogP contribution in [0.1, 0.15) is 41.4 Å². The van der Waals surface area contributed by atoms with Gasteiger partial charge in [0, 0.05) is 11.6 Å². The van der Waals surface area contributed by atoms with Crippen LogP contribution in [0.25, 0.3) is 0 Å². The molecule has 0 spiro atoms. The molecular formula is C19H21FN2O3S. The van der Waals surface area contributed by atoms with Gasteiger partial charge in [-0.1, -0.05) is 12.1 Å². The normalized spacial score (nSPS) is 17.7. The highest BCUT2D eigenvalue weighted by Gasteiger charge is 2.32. The van der Waals surface area contributed by atoms with Gasteiger partial charge in [0.25, 0.3) is 5.91 Å². The van der Waals surface area contributed by atoms with Crippen LogP contribution in [-0.2, 0) is 16.4 Å². The van der Waals surface area contributed by atoms with Gasteiger partial charge in [-0.05, 0) is 61.7 Å². The molecule has 1 aliphatic rings. The minimum atomic E-state index is -3.35. The van der Waals surface area contributed by atoms with Crippen molar-refractivity contribution in [2.75, 3.05) is 10.6 Å². The average molecular weight is 376 g/mol. The Labute approximate surface area is 152 Å². The van der Waals surface area contributed by atoms with Crippen LogP contribution in [0.2, 0.25) is 0 Å². The highest BCUT2D eigenvalue weighted by Crippen LogP contribution is 2.34. The third kappa shape index (κ3) is 3.58. The summed E-state index contributed by atoms with van der Waals surface area (Å²) >= 11 is 0. The molecule has 0 unspecified atom stereocenters. The first-order chi connectivity index (χ1) is 12.2. The van der Waals surface area contributed by atoms with Crippen LogP contribution in [0.3, 0.4) is 0 Å². The fourth-order valence-electron chi connectivity index (χ4n) is 3.36. The van der Waals surface area contributed by atoms with Gasteiger partial charge in [0.15, 0.2) is 0 Å². The molecule has 0 saturated heterocycles. The summed E-state index contributed by atoms with van der Waals surface area (Å²) in [4.78, 5) is 12.5. The summed E-state index contributed by atoms with van der Waals surface area (Å²) in [7, 11) is -3.35. The number of benzene rings is 2. The quantitative estimate of drug-likeness (QED) is 0.892. The van der Waals surface area contributed by atoms with E-state index in [2.05, 4.69) is 5.32 Å². The molecule has 0 fully saturated rings. The van der Waals surface area contributed by atoms with E-state index in [1.807, 2.05) is 13.8 Å². The van der Waals surface area contributed by atoms with Crippen molar-refractivity contribution in [3.05, 3.63) is 65.0 Å². The van der Waals surface area contributed by atoms with E-state index in [1.165, 1.54) is 22.7 Å². The Morgan fingerprint density at radius 3 is 2.50 bits per heavy atom. The molecule has 0 aromatic heterocycles. The summed E-state index contributed by atoms with van der Waals surface area (Å²) < 4.78 is 38.4. The van der Waals surface area contributed by atoms with E-state index in [1.54, 1.807) is 30.3 Å². The van der Waals surface area contributed by atoms with Gasteiger partial charge in [-0.3, -0.25) is 9.10 Å². The zero-order chi connectivity index (χ0) is 19.1. The van der Waals surface area contributed by atoms with E-state index < -0.39 is 10.0 Å². The Morgan fingerprint density at radius 1 is 1.23 bits per heavy atom. The molecule has 1 N–H and O–H groups in total. The number of hydrogen-bond donors (Lipinski definition) is 1. The molecule has 7 heteroatoms. The minimum absolute atomic E-state index is 0.170. The Kier molecular flexibility index (Phi) is 4.75. The number of amides is 1. The van der Waals surface area contributed by atoms with Crippen LogP contribution in [0.15, 0.2) is 42.5 Å². The van der Waals surface area contributed by atoms with Crippen molar-refractivity contribution >= 4 is 21.6 Å². The summed E-state index contributed by atoms with van der Waals surface area (Å²) in [5.41, 5.74) is 2.74. The van der Waals surface area contributed by atoms with Crippen LogP contribution >= 0.6 is 0 Å². The van der Waals surface area contributed by atoms with Gasteiger partial charge in [0.2, 0.25) is 10.0 Å². The summed E-state index contributed by atoms with van der Waals surface area (Å²) in [5, 5.41) is 2.88. The Balaban J connectivity index is 1.80. The van der Waals surface area contributed by atoms with Crippen LogP contribution in [0, 0.1) is 5.82 Å². The Hall–Kier alpha value is -2.41. The third-order valence-corrected chi connectivity index (χ3v) is 5.84. The zero-order valence-electron chi connectivity index (χ0n) is 14.9. The first-order valence-electron chi connectivity index (χ1n) is 8.35. The molecule has 2 aromatic carbocycles. The Bertz CT molecular complexity index is 942. The van der Waals surface area contributed by atoms with Gasteiger partial charge in [-0.2, -0.15) is 0 Å². The molecule has 0 saturated carbocycles. The molecule has 2 aromatic rings. The van der Waals surface area contributed by atoms with E-state index in [4.69, 9.17) is 0 Å². The fourth-order valence-corrected chi connectivity index (χ4v) is 4.63. The second kappa shape index (κ2) is 6.72. The van der Waals surface area contributed by atoms with Crippen LogP contribution in [0.5, 0.6) is 0 Å². The lowest BCUT2D eigenvalue weighted by atomic mass is 10.0. The average Bonchev–Trinajstić information content (AvgIpc) is 2.90. The first kappa shape index (κ1) is 18.4. The van der Waals surface area contributed by atoms with Gasteiger partial charge in [-0.25, -0.2) is 12.8 Å². The van der Waals surface area contributed by atoms with Gasteiger partial charge in [0.1, 0.15) is 5.82 Å². The number of fused-ring (bicyclic) bond motifs is 1. The largest absolute Gasteiger partial charge is 0.346 e. The molecule has 2 atom stereocenters. The fraction of sp³-hybridized carbons (Fsp3) is 0.316. The summed E-state index contributed by atoms with van der Waals surface area (Å²) in [6.45, 7) is 3.67. The molecule has 1 heterocycles. The van der Waals surface area contributed by atoms with Crippen molar-refractivity contribution in [2.45, 2.75) is 32.4 Å². The van der Waals surface area contributed by atoms with Gasteiger partial charge in [-0.15, -0.1) is 0 Å². The second-order valence-corrected chi connectivity index (χ2v) is 8.56. The smallest absolute Gasteiger partial charge is 0.251 e. The first-order valence-corrected chi connectivity index (χ1v) is 10.2. The molecule has 0 aliphatic carbocycles. The third-order valence-electron chi connectivity index (χ3n) is 4.57. The van der Waals surface area contributed by atoms with E-state index >= 15 is 0 Å². The number of carbonyl (C=O) groups excluding carboxylic acids is 1. The van der Waals surface area contributed by atoms with Crippen molar-refractivity contribution in [3.8, 4) is 0 Å². The maximum absolute atomic E-state index is 13.0. The lowest BCUT2D eigenvalue weighted by molar-refractivity contribution is 0.0940. The number of anilines is 1. The van der Waals surface area contributed by atoms with E-state index in [9.17, 15) is 17.6 Å². The molecule has 3 rings (SSSR count). The summed E-state index contributed by atoms with van der Waals surface area (Å²) in [6.07, 6.45) is 1.75. The highest BCUT2D eigenvalue weighted by atomic mass is 32.2. The Morgan fingerprint density at radius 2 is 1.88 bits per heavy atom. The van der Waals surface area contributed by atoms with E-state index in [-0.39, 0.29) is 23.8 Å². The maximum atomic E-state index is 13.0. The van der Waals surface area contributed by atoms with Crippen molar-refractivity contribution in [3.63, 3.8) is 0 Å². The number of sulfonamides is 1. The SMILES string of the molecule is C[C@H](NC(=O)c1ccc2c(c1)C[C@@H](C)N2S(C)(=O)=O)c1ccc(F)cc1. The molecule has 0 radical (unpaired) electrons. The van der Waals surface area contributed by atoms with Crippen LogP contribution in [-0.4, -0.2) is 26.6 Å². The van der Waals surface area contributed by atoms with Crippen LogP contribution < -0.4 is 9.62 Å². The van der Waals surface area contributed by atoms with Crippen molar-refractivity contribution in [1.82, 2.24) is 5.32 Å². The van der Waals surface area contributed by atoms with Crippen molar-refractivity contribution < 1.29 is 17.6 Å². The number of nitrogens with zero attached hydrogens (tertiary/aromatic N) is 1. The minimum Gasteiger partial charge on any atom is -0.346 e. The zero-order valence-corrected chi connectivity index (χ0v) is 15.7. The van der Waals surface area contributed by atoms with Crippen molar-refractivity contribution in [1.29, 1.82) is 0 Å². The predicted molar refractivity (Wildman–Crippen MR) is 99.2 cm³/mol. The molecule has 1 amide bonds. The van der Waals surface area contributed by atoms with Gasteiger partial charge in [0.05, 0.1) is 18.0 Å². The number of halogens is 1.